The molecule has 2 N–H and O–H groups in total. The number of unbranched alkanes of at least 4 members (excludes halogenated alkanes) is 3. The zero-order chi connectivity index (χ0) is 26.9. The summed E-state index contributed by atoms with van der Waals surface area (Å²) in [5, 5.41) is 5.23. The Hall–Kier alpha value is -3.12. The number of alkyl carbamates (subject to hydrolysis) is 2. The van der Waals surface area contributed by atoms with Crippen LogP contribution >= 0.6 is 0 Å². The van der Waals surface area contributed by atoms with Crippen molar-refractivity contribution in [1.82, 2.24) is 10.6 Å². The van der Waals surface area contributed by atoms with Gasteiger partial charge in [0.1, 0.15) is 24.9 Å². The lowest BCUT2D eigenvalue weighted by Crippen LogP contribution is -2.36. The standard InChI is InChI=1S/C23H38N2O10/c1-16(2)19(26)33-32-18(5)14-30-21(28)24-12-10-8-9-11-13-25-22(29)31-15-23(6,7)35-34-20(27)17(3)4/h18H,1,3,8-15H2,2,4-7H3,(H,24,28)(H,25,29). The van der Waals surface area contributed by atoms with Crippen molar-refractivity contribution in [2.24, 2.45) is 0 Å². The van der Waals surface area contributed by atoms with Crippen LogP contribution in [0.2, 0.25) is 0 Å². The summed E-state index contributed by atoms with van der Waals surface area (Å²) in [7, 11) is 0. The van der Waals surface area contributed by atoms with Gasteiger partial charge in [0.2, 0.25) is 0 Å². The molecule has 0 aromatic carbocycles. The summed E-state index contributed by atoms with van der Waals surface area (Å²) in [6, 6.07) is 0. The lowest BCUT2D eigenvalue weighted by Gasteiger charge is -2.22. The van der Waals surface area contributed by atoms with Crippen LogP contribution in [0.5, 0.6) is 0 Å². The molecular formula is C23H38N2O10. The molecule has 0 rings (SSSR count). The van der Waals surface area contributed by atoms with Crippen molar-refractivity contribution < 1.29 is 48.2 Å². The first-order valence-corrected chi connectivity index (χ1v) is 11.2. The fourth-order valence-electron chi connectivity index (χ4n) is 1.99. The third kappa shape index (κ3) is 17.9. The maximum atomic E-state index is 11.8. The van der Waals surface area contributed by atoms with Gasteiger partial charge >= 0.3 is 24.1 Å². The van der Waals surface area contributed by atoms with Crippen LogP contribution in [0.15, 0.2) is 24.3 Å². The van der Waals surface area contributed by atoms with E-state index in [4.69, 9.17) is 19.2 Å². The third-order valence-corrected chi connectivity index (χ3v) is 3.97. The number of ether oxygens (including phenoxy) is 2. The molecule has 0 aromatic rings. The van der Waals surface area contributed by atoms with Crippen molar-refractivity contribution >= 4 is 24.1 Å². The van der Waals surface area contributed by atoms with Crippen molar-refractivity contribution in [2.75, 3.05) is 26.3 Å². The lowest BCUT2D eigenvalue weighted by atomic mass is 10.2. The molecule has 35 heavy (non-hydrogen) atoms. The average molecular weight is 503 g/mol. The van der Waals surface area contributed by atoms with Crippen LogP contribution in [0.4, 0.5) is 9.59 Å². The molecule has 1 unspecified atom stereocenters. The quantitative estimate of drug-likeness (QED) is 0.131. The smallest absolute Gasteiger partial charge is 0.407 e. The fourth-order valence-corrected chi connectivity index (χ4v) is 1.99. The molecule has 0 aliphatic rings. The number of rotatable bonds is 17. The molecule has 0 bridgehead atoms. The Bertz CT molecular complexity index is 736. The van der Waals surface area contributed by atoms with E-state index in [1.807, 2.05) is 0 Å². The SMILES string of the molecule is C=C(C)C(=O)OOC(C)COC(=O)NCCCCCCNC(=O)OCC(C)(C)OOC(=O)C(=C)C. The summed E-state index contributed by atoms with van der Waals surface area (Å²) in [5.41, 5.74) is -0.629. The molecule has 200 valence electrons. The molecule has 12 nitrogen and oxygen atoms in total. The fraction of sp³-hybridized carbons (Fsp3) is 0.652. The van der Waals surface area contributed by atoms with E-state index >= 15 is 0 Å². The zero-order valence-electron chi connectivity index (χ0n) is 21.2. The molecule has 0 fully saturated rings. The average Bonchev–Trinajstić information content (AvgIpc) is 2.79. The lowest BCUT2D eigenvalue weighted by molar-refractivity contribution is -0.327. The third-order valence-electron chi connectivity index (χ3n) is 3.97. The van der Waals surface area contributed by atoms with Gasteiger partial charge in [-0.3, -0.25) is 9.78 Å². The number of carbonyl (C=O) groups is 4. The second kappa shape index (κ2) is 17.3. The predicted molar refractivity (Wildman–Crippen MR) is 125 cm³/mol. The van der Waals surface area contributed by atoms with Gasteiger partial charge in [-0.05, 0) is 47.5 Å². The highest BCUT2D eigenvalue weighted by molar-refractivity contribution is 5.86. The van der Waals surface area contributed by atoms with Gasteiger partial charge in [0.05, 0.1) is 0 Å². The minimum Gasteiger partial charge on any atom is -0.447 e. The number of carbonyl (C=O) groups excluding carboxylic acids is 4. The van der Waals surface area contributed by atoms with Crippen LogP contribution in [-0.2, 0) is 38.6 Å². The van der Waals surface area contributed by atoms with Crippen molar-refractivity contribution in [2.45, 2.75) is 72.0 Å². The molecule has 0 aliphatic heterocycles. The Kier molecular flexibility index (Phi) is 15.8. The monoisotopic (exact) mass is 502 g/mol. The molecule has 0 aliphatic carbocycles. The Balaban J connectivity index is 3.71. The van der Waals surface area contributed by atoms with Gasteiger partial charge in [-0.1, -0.05) is 26.0 Å². The van der Waals surface area contributed by atoms with E-state index in [1.165, 1.54) is 13.8 Å². The summed E-state index contributed by atoms with van der Waals surface area (Å²) in [6.07, 6.45) is 1.30. The summed E-state index contributed by atoms with van der Waals surface area (Å²) in [5.74, 6) is -1.39. The van der Waals surface area contributed by atoms with E-state index in [-0.39, 0.29) is 24.4 Å². The normalized spacial score (nSPS) is 11.6. The van der Waals surface area contributed by atoms with Crippen molar-refractivity contribution in [3.63, 3.8) is 0 Å². The molecule has 0 spiro atoms. The predicted octanol–water partition coefficient (Wildman–Crippen LogP) is 3.27. The molecule has 2 amide bonds. The summed E-state index contributed by atoms with van der Waals surface area (Å²) in [4.78, 5) is 64.8. The van der Waals surface area contributed by atoms with E-state index in [2.05, 4.69) is 33.6 Å². The number of nitrogens with one attached hydrogen (secondary N) is 2. The summed E-state index contributed by atoms with van der Waals surface area (Å²) in [6.45, 7) is 15.3. The van der Waals surface area contributed by atoms with Crippen LogP contribution in [0.1, 0.15) is 60.3 Å². The molecular weight excluding hydrogens is 464 g/mol. The van der Waals surface area contributed by atoms with Gasteiger partial charge in [-0.15, -0.1) is 0 Å². The Labute approximate surface area is 206 Å². The van der Waals surface area contributed by atoms with Crippen LogP contribution in [0.25, 0.3) is 0 Å². The highest BCUT2D eigenvalue weighted by atomic mass is 17.2. The largest absolute Gasteiger partial charge is 0.447 e. The maximum absolute atomic E-state index is 11.8. The highest BCUT2D eigenvalue weighted by Gasteiger charge is 2.25. The van der Waals surface area contributed by atoms with E-state index in [9.17, 15) is 19.2 Å². The second-order valence-electron chi connectivity index (χ2n) is 8.49. The van der Waals surface area contributed by atoms with Crippen LogP contribution < -0.4 is 10.6 Å². The minimum atomic E-state index is -1.01. The molecule has 1 atom stereocenters. The molecule has 0 saturated carbocycles. The molecule has 12 heteroatoms. The summed E-state index contributed by atoms with van der Waals surface area (Å²) >= 11 is 0. The van der Waals surface area contributed by atoms with E-state index in [1.54, 1.807) is 20.8 Å². The molecule has 0 radical (unpaired) electrons. The number of hydrogen-bond donors (Lipinski definition) is 2. The van der Waals surface area contributed by atoms with Crippen molar-refractivity contribution in [3.8, 4) is 0 Å². The first-order chi connectivity index (χ1) is 16.3. The van der Waals surface area contributed by atoms with Gasteiger partial charge in [-0.2, -0.15) is 9.78 Å². The van der Waals surface area contributed by atoms with Crippen LogP contribution in [0.3, 0.4) is 0 Å². The summed E-state index contributed by atoms with van der Waals surface area (Å²) < 4.78 is 10.0. The minimum absolute atomic E-state index is 0.0833. The second-order valence-corrected chi connectivity index (χ2v) is 8.49. The number of hydrogen-bond acceptors (Lipinski definition) is 10. The van der Waals surface area contributed by atoms with Gasteiger partial charge in [0, 0.05) is 24.2 Å². The van der Waals surface area contributed by atoms with Crippen LogP contribution in [0, 0.1) is 0 Å². The van der Waals surface area contributed by atoms with Crippen molar-refractivity contribution in [3.05, 3.63) is 24.3 Å². The zero-order valence-corrected chi connectivity index (χ0v) is 21.2. The van der Waals surface area contributed by atoms with Crippen LogP contribution in [-0.4, -0.2) is 62.1 Å². The Morgan fingerprint density at radius 1 is 0.800 bits per heavy atom. The number of amides is 2. The van der Waals surface area contributed by atoms with Gasteiger partial charge in [-0.25, -0.2) is 19.2 Å². The first-order valence-electron chi connectivity index (χ1n) is 11.2. The van der Waals surface area contributed by atoms with Gasteiger partial charge in [0.15, 0.2) is 0 Å². The first kappa shape index (κ1) is 31.9. The van der Waals surface area contributed by atoms with E-state index in [0.717, 1.165) is 25.7 Å². The molecule has 0 saturated heterocycles. The molecule has 0 heterocycles. The highest BCUT2D eigenvalue weighted by Crippen LogP contribution is 2.11. The Morgan fingerprint density at radius 2 is 1.29 bits per heavy atom. The maximum Gasteiger partial charge on any atom is 0.407 e. The van der Waals surface area contributed by atoms with E-state index in [0.29, 0.717) is 13.1 Å². The van der Waals surface area contributed by atoms with Gasteiger partial charge in [0.25, 0.3) is 0 Å². The van der Waals surface area contributed by atoms with E-state index < -0.39 is 35.8 Å². The van der Waals surface area contributed by atoms with Gasteiger partial charge < -0.3 is 20.1 Å². The topological polar surface area (TPSA) is 148 Å². The Morgan fingerprint density at radius 3 is 1.80 bits per heavy atom. The van der Waals surface area contributed by atoms with Crippen molar-refractivity contribution in [1.29, 1.82) is 0 Å². The molecule has 0 aromatic heterocycles.